The number of hydrogen-bond acceptors (Lipinski definition) is 4. The zero-order valence-corrected chi connectivity index (χ0v) is 10.1. The zero-order valence-electron chi connectivity index (χ0n) is 10.1. The molecular weight excluding hydrogens is 236 g/mol. The molecule has 1 rings (SSSR count). The second-order valence-electron chi connectivity index (χ2n) is 3.98. The molecule has 1 unspecified atom stereocenters. The van der Waals surface area contributed by atoms with Crippen molar-refractivity contribution in [1.82, 2.24) is 0 Å². The quantitative estimate of drug-likeness (QED) is 0.574. The Morgan fingerprint density at radius 2 is 2.17 bits per heavy atom. The molecule has 6 nitrogen and oxygen atoms in total. The number of nitrogens with one attached hydrogen (secondary N) is 1. The molecule has 18 heavy (non-hydrogen) atoms. The van der Waals surface area contributed by atoms with Crippen LogP contribution in [0.3, 0.4) is 0 Å². The Bertz CT molecular complexity index is 434. The highest BCUT2D eigenvalue weighted by atomic mass is 16.6. The highest BCUT2D eigenvalue weighted by Crippen LogP contribution is 2.23. The number of benzene rings is 1. The third-order valence-corrected chi connectivity index (χ3v) is 2.63. The summed E-state index contributed by atoms with van der Waals surface area (Å²) in [5.74, 6) is -1.42. The first kappa shape index (κ1) is 14.0. The number of nitrogens with zero attached hydrogens (tertiary/aromatic N) is 1. The zero-order chi connectivity index (χ0) is 13.5. The van der Waals surface area contributed by atoms with Crippen LogP contribution in [0.2, 0.25) is 0 Å². The van der Waals surface area contributed by atoms with Crippen LogP contribution in [0.5, 0.6) is 0 Å². The lowest BCUT2D eigenvalue weighted by Crippen LogP contribution is -2.23. The molecule has 0 fully saturated rings. The molecule has 2 N–H and O–H groups in total. The van der Waals surface area contributed by atoms with Crippen LogP contribution in [0.1, 0.15) is 19.8 Å². The fraction of sp³-hybridized carbons (Fsp3) is 0.417. The Kier molecular flexibility index (Phi) is 5.10. The van der Waals surface area contributed by atoms with Crippen LogP contribution in [0.25, 0.3) is 0 Å². The lowest BCUT2D eigenvalue weighted by Gasteiger charge is -2.13. The molecule has 0 radical (unpaired) electrons. The van der Waals surface area contributed by atoms with E-state index in [1.807, 2.05) is 6.92 Å². The molecule has 6 heteroatoms. The largest absolute Gasteiger partial charge is 0.481 e. The maximum Gasteiger partial charge on any atom is 0.308 e. The Morgan fingerprint density at radius 1 is 1.50 bits per heavy atom. The lowest BCUT2D eigenvalue weighted by atomic mass is 10.0. The van der Waals surface area contributed by atoms with Crippen LogP contribution in [0.4, 0.5) is 11.4 Å². The van der Waals surface area contributed by atoms with E-state index in [1.54, 1.807) is 18.2 Å². The Hall–Kier alpha value is -2.11. The number of para-hydroxylation sites is 2. The number of hydrogen-bond donors (Lipinski definition) is 2. The highest BCUT2D eigenvalue weighted by molar-refractivity contribution is 5.71. The molecule has 0 amide bonds. The Morgan fingerprint density at radius 3 is 2.72 bits per heavy atom. The van der Waals surface area contributed by atoms with Gasteiger partial charge in [0, 0.05) is 12.6 Å². The van der Waals surface area contributed by atoms with Gasteiger partial charge in [-0.2, -0.15) is 0 Å². The minimum absolute atomic E-state index is 0.0434. The maximum atomic E-state index is 11.0. The van der Waals surface area contributed by atoms with Gasteiger partial charge in [0.2, 0.25) is 0 Å². The summed E-state index contributed by atoms with van der Waals surface area (Å²) in [6, 6.07) is 6.20. The van der Waals surface area contributed by atoms with Crippen LogP contribution in [0.15, 0.2) is 24.3 Å². The predicted molar refractivity (Wildman–Crippen MR) is 67.6 cm³/mol. The summed E-state index contributed by atoms with van der Waals surface area (Å²) in [5, 5.41) is 22.6. The molecule has 0 bridgehead atoms. The van der Waals surface area contributed by atoms with Gasteiger partial charge in [0.1, 0.15) is 5.69 Å². The van der Waals surface area contributed by atoms with E-state index in [9.17, 15) is 14.9 Å². The lowest BCUT2D eigenvalue weighted by molar-refractivity contribution is -0.384. The van der Waals surface area contributed by atoms with Gasteiger partial charge in [0.05, 0.1) is 10.8 Å². The summed E-state index contributed by atoms with van der Waals surface area (Å²) in [4.78, 5) is 21.2. The van der Waals surface area contributed by atoms with Gasteiger partial charge in [-0.3, -0.25) is 14.9 Å². The minimum Gasteiger partial charge on any atom is -0.481 e. The van der Waals surface area contributed by atoms with Crippen molar-refractivity contribution in [3.63, 3.8) is 0 Å². The van der Waals surface area contributed by atoms with E-state index in [2.05, 4.69) is 5.32 Å². The van der Waals surface area contributed by atoms with Crippen molar-refractivity contribution in [2.75, 3.05) is 11.9 Å². The number of carbonyl (C=O) groups is 1. The molecule has 0 aliphatic carbocycles. The van der Waals surface area contributed by atoms with E-state index in [0.717, 1.165) is 6.42 Å². The molecule has 98 valence electrons. The fourth-order valence-corrected chi connectivity index (χ4v) is 1.68. The van der Waals surface area contributed by atoms with Crippen molar-refractivity contribution in [3.8, 4) is 0 Å². The number of anilines is 1. The molecular formula is C12H16N2O4. The number of rotatable bonds is 7. The second-order valence-corrected chi connectivity index (χ2v) is 3.98. The van der Waals surface area contributed by atoms with Gasteiger partial charge in [0.25, 0.3) is 5.69 Å². The molecule has 0 saturated carbocycles. The summed E-state index contributed by atoms with van der Waals surface area (Å²) in [5.41, 5.74) is 0.308. The third kappa shape index (κ3) is 3.73. The van der Waals surface area contributed by atoms with Crippen molar-refractivity contribution < 1.29 is 14.8 Å². The predicted octanol–water partition coefficient (Wildman–Crippen LogP) is 2.51. The summed E-state index contributed by atoms with van der Waals surface area (Å²) < 4.78 is 0. The molecule has 1 aromatic rings. The molecule has 0 aliphatic rings. The van der Waals surface area contributed by atoms with Gasteiger partial charge >= 0.3 is 5.97 Å². The van der Waals surface area contributed by atoms with E-state index in [0.29, 0.717) is 12.1 Å². The average molecular weight is 252 g/mol. The summed E-state index contributed by atoms with van der Waals surface area (Å²) >= 11 is 0. The number of carboxylic acids is 1. The minimum atomic E-state index is -0.886. The van der Waals surface area contributed by atoms with Gasteiger partial charge in [-0.15, -0.1) is 0 Å². The summed E-state index contributed by atoms with van der Waals surface area (Å²) in [6.07, 6.45) is 1.30. The highest BCUT2D eigenvalue weighted by Gasteiger charge is 2.18. The molecule has 0 saturated heterocycles. The van der Waals surface area contributed by atoms with Crippen molar-refractivity contribution in [2.24, 2.45) is 5.92 Å². The standard InChI is InChI=1S/C12H16N2O4/c1-2-5-9(12(15)16)8-13-10-6-3-4-7-11(10)14(17)18/h3-4,6-7,9,13H,2,5,8H2,1H3,(H,15,16). The monoisotopic (exact) mass is 252 g/mol. The molecule has 0 spiro atoms. The maximum absolute atomic E-state index is 11.0. The van der Waals surface area contributed by atoms with Gasteiger partial charge in [-0.1, -0.05) is 25.5 Å². The summed E-state index contributed by atoms with van der Waals surface area (Å²) in [7, 11) is 0. The molecule has 0 heterocycles. The fourth-order valence-electron chi connectivity index (χ4n) is 1.68. The van der Waals surface area contributed by atoms with Crippen LogP contribution < -0.4 is 5.32 Å². The first-order chi connectivity index (χ1) is 8.56. The molecule has 1 aromatic carbocycles. The number of aliphatic carboxylic acids is 1. The van der Waals surface area contributed by atoms with Crippen LogP contribution in [-0.2, 0) is 4.79 Å². The van der Waals surface area contributed by atoms with Gasteiger partial charge in [-0.05, 0) is 12.5 Å². The van der Waals surface area contributed by atoms with Gasteiger partial charge in [-0.25, -0.2) is 0 Å². The number of carboxylic acid groups (broad SMARTS) is 1. The number of nitro benzene ring substituents is 1. The van der Waals surface area contributed by atoms with E-state index >= 15 is 0 Å². The van der Waals surface area contributed by atoms with Crippen molar-refractivity contribution in [3.05, 3.63) is 34.4 Å². The molecule has 0 aromatic heterocycles. The van der Waals surface area contributed by atoms with E-state index in [4.69, 9.17) is 5.11 Å². The molecule has 1 atom stereocenters. The summed E-state index contributed by atoms with van der Waals surface area (Å²) in [6.45, 7) is 2.09. The normalized spacial score (nSPS) is 11.8. The van der Waals surface area contributed by atoms with E-state index in [1.165, 1.54) is 6.07 Å². The third-order valence-electron chi connectivity index (χ3n) is 2.63. The topological polar surface area (TPSA) is 92.5 Å². The Balaban J connectivity index is 2.73. The van der Waals surface area contributed by atoms with E-state index in [-0.39, 0.29) is 12.2 Å². The van der Waals surface area contributed by atoms with Gasteiger partial charge in [0.15, 0.2) is 0 Å². The van der Waals surface area contributed by atoms with Crippen LogP contribution >= 0.6 is 0 Å². The van der Waals surface area contributed by atoms with Crippen LogP contribution in [-0.4, -0.2) is 22.5 Å². The van der Waals surface area contributed by atoms with E-state index < -0.39 is 16.8 Å². The second kappa shape index (κ2) is 6.58. The van der Waals surface area contributed by atoms with Crippen molar-refractivity contribution in [1.29, 1.82) is 0 Å². The number of nitro groups is 1. The van der Waals surface area contributed by atoms with Crippen molar-refractivity contribution in [2.45, 2.75) is 19.8 Å². The van der Waals surface area contributed by atoms with Crippen LogP contribution in [0, 0.1) is 16.0 Å². The smallest absolute Gasteiger partial charge is 0.308 e. The first-order valence-electron chi connectivity index (χ1n) is 5.76. The van der Waals surface area contributed by atoms with Gasteiger partial charge < -0.3 is 10.4 Å². The van der Waals surface area contributed by atoms with Crippen molar-refractivity contribution >= 4 is 17.3 Å². The molecule has 0 aliphatic heterocycles. The SMILES string of the molecule is CCCC(CNc1ccccc1[N+](=O)[O-])C(=O)O. The Labute approximate surface area is 105 Å². The average Bonchev–Trinajstić information content (AvgIpc) is 2.34. The first-order valence-corrected chi connectivity index (χ1v) is 5.76.